The van der Waals surface area contributed by atoms with Crippen LogP contribution in [0.4, 0.5) is 4.79 Å². The second kappa shape index (κ2) is 8.43. The predicted octanol–water partition coefficient (Wildman–Crippen LogP) is 3.15. The van der Waals surface area contributed by atoms with Crippen LogP contribution in [-0.4, -0.2) is 36.0 Å². The molecule has 0 spiro atoms. The molecule has 0 saturated heterocycles. The van der Waals surface area contributed by atoms with Crippen molar-refractivity contribution in [2.24, 2.45) is 0 Å². The fourth-order valence-corrected chi connectivity index (χ4v) is 4.02. The highest BCUT2D eigenvalue weighted by atomic mass is 35.5. The number of hydrogen-bond acceptors (Lipinski definition) is 4. The summed E-state index contributed by atoms with van der Waals surface area (Å²) in [5, 5.41) is 6.18. The van der Waals surface area contributed by atoms with Crippen molar-refractivity contribution in [3.05, 3.63) is 81.0 Å². The minimum Gasteiger partial charge on any atom is -0.456 e. The number of nitrogens with zero attached hydrogens (tertiary/aromatic N) is 1. The lowest BCUT2D eigenvalue weighted by Gasteiger charge is -2.33. The number of carbonyl (C=O) groups excluding carboxylic acids is 3. The van der Waals surface area contributed by atoms with Gasteiger partial charge in [-0.25, -0.2) is 9.59 Å². The zero-order chi connectivity index (χ0) is 22.1. The highest BCUT2D eigenvalue weighted by Gasteiger charge is 2.43. The van der Waals surface area contributed by atoms with Gasteiger partial charge in [0.1, 0.15) is 13.2 Å². The molecule has 2 N–H and O–H groups in total. The molecule has 0 aliphatic carbocycles. The molecule has 2 aromatic rings. The quantitative estimate of drug-likeness (QED) is 0.700. The van der Waals surface area contributed by atoms with Crippen LogP contribution in [0.15, 0.2) is 53.7 Å². The first kappa shape index (κ1) is 20.9. The number of aryl methyl sites for hydroxylation is 2. The normalized spacial score (nSPS) is 17.9. The van der Waals surface area contributed by atoms with E-state index in [0.29, 0.717) is 16.3 Å². The monoisotopic (exact) mass is 439 g/mol. The molecule has 0 bridgehead atoms. The molecule has 2 aliphatic heterocycles. The molecule has 0 saturated carbocycles. The maximum atomic E-state index is 12.9. The summed E-state index contributed by atoms with van der Waals surface area (Å²) in [6.07, 6.45) is 0. The van der Waals surface area contributed by atoms with Crippen LogP contribution in [0.2, 0.25) is 5.02 Å². The Hall–Kier alpha value is -3.32. The van der Waals surface area contributed by atoms with Gasteiger partial charge in [0.2, 0.25) is 5.91 Å². The van der Waals surface area contributed by atoms with Crippen LogP contribution in [0.3, 0.4) is 0 Å². The molecule has 2 heterocycles. The number of halogens is 1. The van der Waals surface area contributed by atoms with E-state index in [9.17, 15) is 14.4 Å². The number of ether oxygens (including phenoxy) is 1. The molecule has 1 unspecified atom stereocenters. The summed E-state index contributed by atoms with van der Waals surface area (Å²) < 4.78 is 5.23. The number of hydrogen-bond donors (Lipinski definition) is 2. The number of cyclic esters (lactones) is 1. The topological polar surface area (TPSA) is 87.7 Å². The first-order chi connectivity index (χ1) is 14.8. The standard InChI is InChI=1S/C23H22ClN3O4/c1-13-7-8-14(2)16(9-13)21-20-18(12-31-22(20)29)27(23(30)26-21)11-19(28)25-10-15-5-3-4-6-17(15)24/h3-9,21H,10-12H2,1-2H3,(H,25,28)(H,26,30). The second-order valence-corrected chi connectivity index (χ2v) is 8.04. The highest BCUT2D eigenvalue weighted by Crippen LogP contribution is 2.36. The largest absolute Gasteiger partial charge is 0.456 e. The SMILES string of the molecule is Cc1ccc(C)c(C2NC(=O)N(CC(=O)NCc3ccccc3Cl)C3=C2C(=O)OC3)c1. The van der Waals surface area contributed by atoms with E-state index in [2.05, 4.69) is 10.6 Å². The molecule has 0 radical (unpaired) electrons. The third kappa shape index (κ3) is 4.14. The zero-order valence-corrected chi connectivity index (χ0v) is 18.0. The number of benzene rings is 2. The molecule has 2 aromatic carbocycles. The number of amides is 3. The average Bonchev–Trinajstić information content (AvgIpc) is 3.13. The van der Waals surface area contributed by atoms with E-state index in [0.717, 1.165) is 22.3 Å². The van der Waals surface area contributed by atoms with E-state index >= 15 is 0 Å². The Kier molecular flexibility index (Phi) is 5.69. The maximum Gasteiger partial charge on any atom is 0.338 e. The van der Waals surface area contributed by atoms with Crippen molar-refractivity contribution in [1.29, 1.82) is 0 Å². The summed E-state index contributed by atoms with van der Waals surface area (Å²) in [6, 6.07) is 12.0. The van der Waals surface area contributed by atoms with Crippen molar-refractivity contribution >= 4 is 29.5 Å². The summed E-state index contributed by atoms with van der Waals surface area (Å²) in [4.78, 5) is 39.2. The minimum atomic E-state index is -0.611. The average molecular weight is 440 g/mol. The number of carbonyl (C=O) groups is 3. The van der Waals surface area contributed by atoms with Crippen LogP contribution >= 0.6 is 11.6 Å². The molecular weight excluding hydrogens is 418 g/mol. The Morgan fingerprint density at radius 3 is 2.77 bits per heavy atom. The summed E-state index contributed by atoms with van der Waals surface area (Å²) in [7, 11) is 0. The predicted molar refractivity (Wildman–Crippen MR) is 115 cm³/mol. The number of rotatable bonds is 5. The van der Waals surface area contributed by atoms with E-state index in [1.54, 1.807) is 6.07 Å². The second-order valence-electron chi connectivity index (χ2n) is 7.63. The van der Waals surface area contributed by atoms with E-state index in [1.165, 1.54) is 4.90 Å². The van der Waals surface area contributed by atoms with E-state index in [4.69, 9.17) is 16.3 Å². The Morgan fingerprint density at radius 2 is 2.00 bits per heavy atom. The number of nitrogens with one attached hydrogen (secondary N) is 2. The van der Waals surface area contributed by atoms with Crippen molar-refractivity contribution < 1.29 is 19.1 Å². The lowest BCUT2D eigenvalue weighted by molar-refractivity contribution is -0.136. The molecule has 1 atom stereocenters. The first-order valence-electron chi connectivity index (χ1n) is 9.90. The van der Waals surface area contributed by atoms with Crippen LogP contribution < -0.4 is 10.6 Å². The third-order valence-corrected chi connectivity index (χ3v) is 5.85. The van der Waals surface area contributed by atoms with Gasteiger partial charge in [0.25, 0.3) is 0 Å². The van der Waals surface area contributed by atoms with Crippen LogP contribution in [0.25, 0.3) is 0 Å². The molecule has 4 rings (SSSR count). The molecule has 160 valence electrons. The van der Waals surface area contributed by atoms with E-state index in [1.807, 2.05) is 50.2 Å². The van der Waals surface area contributed by atoms with Gasteiger partial charge in [0.15, 0.2) is 0 Å². The third-order valence-electron chi connectivity index (χ3n) is 5.48. The Labute approximate surface area is 185 Å². The van der Waals surface area contributed by atoms with Crippen molar-refractivity contribution in [2.45, 2.75) is 26.4 Å². The van der Waals surface area contributed by atoms with Gasteiger partial charge in [-0.3, -0.25) is 9.69 Å². The Balaban J connectivity index is 1.56. The number of urea groups is 1. The summed E-state index contributed by atoms with van der Waals surface area (Å²) in [5.41, 5.74) is 4.37. The molecular formula is C23H22ClN3O4. The molecule has 3 amide bonds. The number of esters is 1. The van der Waals surface area contributed by atoms with Gasteiger partial charge < -0.3 is 15.4 Å². The Morgan fingerprint density at radius 1 is 1.23 bits per heavy atom. The maximum absolute atomic E-state index is 12.9. The zero-order valence-electron chi connectivity index (χ0n) is 17.2. The highest BCUT2D eigenvalue weighted by molar-refractivity contribution is 6.31. The first-order valence-corrected chi connectivity index (χ1v) is 10.3. The summed E-state index contributed by atoms with van der Waals surface area (Å²) in [5.74, 6) is -0.853. The minimum absolute atomic E-state index is 0.0409. The van der Waals surface area contributed by atoms with Crippen molar-refractivity contribution in [3.63, 3.8) is 0 Å². The van der Waals surface area contributed by atoms with E-state index in [-0.39, 0.29) is 25.6 Å². The summed E-state index contributed by atoms with van der Waals surface area (Å²) >= 11 is 6.12. The van der Waals surface area contributed by atoms with E-state index < -0.39 is 18.0 Å². The van der Waals surface area contributed by atoms with Gasteiger partial charge in [-0.2, -0.15) is 0 Å². The lowest BCUT2D eigenvalue weighted by Crippen LogP contribution is -2.50. The summed E-state index contributed by atoms with van der Waals surface area (Å²) in [6.45, 7) is 3.84. The van der Waals surface area contributed by atoms with Crippen LogP contribution in [0.1, 0.15) is 28.3 Å². The van der Waals surface area contributed by atoms with Gasteiger partial charge in [-0.1, -0.05) is 53.6 Å². The Bertz CT molecular complexity index is 1110. The molecule has 7 nitrogen and oxygen atoms in total. The van der Waals surface area contributed by atoms with Gasteiger partial charge in [0, 0.05) is 11.6 Å². The molecule has 31 heavy (non-hydrogen) atoms. The fourth-order valence-electron chi connectivity index (χ4n) is 3.82. The molecule has 2 aliphatic rings. The van der Waals surface area contributed by atoms with Gasteiger partial charge in [-0.05, 0) is 36.6 Å². The van der Waals surface area contributed by atoms with Crippen LogP contribution in [0.5, 0.6) is 0 Å². The molecule has 0 aromatic heterocycles. The fraction of sp³-hybridized carbons (Fsp3) is 0.261. The van der Waals surface area contributed by atoms with Gasteiger partial charge in [-0.15, -0.1) is 0 Å². The van der Waals surface area contributed by atoms with Crippen molar-refractivity contribution in [3.8, 4) is 0 Å². The van der Waals surface area contributed by atoms with Crippen LogP contribution in [0, 0.1) is 13.8 Å². The lowest BCUT2D eigenvalue weighted by atomic mass is 9.91. The van der Waals surface area contributed by atoms with Crippen molar-refractivity contribution in [1.82, 2.24) is 15.5 Å². The van der Waals surface area contributed by atoms with Crippen molar-refractivity contribution in [2.75, 3.05) is 13.2 Å². The molecule has 0 fully saturated rings. The van der Waals surface area contributed by atoms with Gasteiger partial charge in [0.05, 0.1) is 17.3 Å². The van der Waals surface area contributed by atoms with Crippen LogP contribution in [-0.2, 0) is 20.9 Å². The van der Waals surface area contributed by atoms with Gasteiger partial charge >= 0.3 is 12.0 Å². The molecule has 8 heteroatoms. The smallest absolute Gasteiger partial charge is 0.338 e.